The number of hydrogen-bond donors (Lipinski definition) is 1. The molecule has 0 aromatic carbocycles. The predicted molar refractivity (Wildman–Crippen MR) is 39.0 cm³/mol. The van der Waals surface area contributed by atoms with Crippen molar-refractivity contribution in [1.82, 2.24) is 0 Å². The van der Waals surface area contributed by atoms with E-state index in [1.807, 2.05) is 0 Å². The van der Waals surface area contributed by atoms with Crippen molar-refractivity contribution in [1.29, 1.82) is 0 Å². The van der Waals surface area contributed by atoms with Crippen LogP contribution in [0.1, 0.15) is 0 Å². The van der Waals surface area contributed by atoms with Crippen LogP contribution in [0.3, 0.4) is 0 Å². The summed E-state index contributed by atoms with van der Waals surface area (Å²) in [5.41, 5.74) is 4.17. The molecule has 0 aromatic heterocycles. The van der Waals surface area contributed by atoms with Gasteiger partial charge in [-0.15, -0.1) is 0 Å². The molecule has 0 unspecified atom stereocenters. The maximum absolute atomic E-state index is 8.58. The molecule has 0 aromatic rings. The topological polar surface area (TPSA) is 43.1 Å². The van der Waals surface area contributed by atoms with Gasteiger partial charge in [0.15, 0.2) is 0 Å². The molecule has 0 atom stereocenters. The van der Waals surface area contributed by atoms with Gasteiger partial charge in [-0.1, -0.05) is 0 Å². The first kappa shape index (κ1) is 10.5. The Morgan fingerprint density at radius 1 is 2.00 bits per heavy atom. The van der Waals surface area contributed by atoms with Gasteiger partial charge in [0.05, 0.1) is 0 Å². The van der Waals surface area contributed by atoms with Crippen LogP contribution in [0.15, 0.2) is 0 Å². The number of carbonyl (C=O) groups is 1. The molecule has 2 N–H and O–H groups in total. The normalized spacial score (nSPS) is 5.00. The molecule has 2 radical (unpaired) electrons. The van der Waals surface area contributed by atoms with Gasteiger partial charge in [-0.3, -0.25) is 4.79 Å². The van der Waals surface area contributed by atoms with Crippen LogP contribution in [0.4, 0.5) is 0 Å². The fourth-order valence-electron chi connectivity index (χ4n) is 0. The minimum atomic E-state index is 0.0125. The summed E-state index contributed by atoms with van der Waals surface area (Å²) in [5.74, 6) is 0. The van der Waals surface area contributed by atoms with Crippen molar-refractivity contribution in [3.63, 3.8) is 0 Å². The molecule has 1 amide bonds. The van der Waals surface area contributed by atoms with Gasteiger partial charge in [0.1, 0.15) is 0 Å². The van der Waals surface area contributed by atoms with Crippen molar-refractivity contribution < 1.29 is 4.79 Å². The molecule has 0 fully saturated rings. The van der Waals surface area contributed by atoms with Gasteiger partial charge in [0, 0.05) is 0 Å². The third-order valence-electron chi connectivity index (χ3n) is 0. The zero-order chi connectivity index (χ0) is 5.41. The van der Waals surface area contributed by atoms with E-state index in [2.05, 4.69) is 37.1 Å². The third kappa shape index (κ3) is 50.3. The van der Waals surface area contributed by atoms with E-state index in [4.69, 9.17) is 4.79 Å². The summed E-state index contributed by atoms with van der Waals surface area (Å²) in [7, 11) is 0. The van der Waals surface area contributed by atoms with Crippen LogP contribution in [0.2, 0.25) is 0 Å². The molecular formula is CH3BrINOSn. The number of carbonyl (C=O) groups excluding carboxylic acids is 1. The second-order valence-electron chi connectivity index (χ2n) is 0.208. The molecule has 5 heteroatoms. The average molecular weight is 371 g/mol. The summed E-state index contributed by atoms with van der Waals surface area (Å²) in [4.78, 5) is 8.58. The molecule has 6 heavy (non-hydrogen) atoms. The van der Waals surface area contributed by atoms with Gasteiger partial charge in [0.25, 0.3) is 0 Å². The molecule has 2 nitrogen and oxygen atoms in total. The first-order valence-electron chi connectivity index (χ1n) is 0.947. The number of nitrogens with two attached hydrogens (primary N) is 1. The number of halogens is 2. The molecule has 0 aliphatic heterocycles. The van der Waals surface area contributed by atoms with E-state index in [1.165, 1.54) is 0 Å². The molecule has 36 valence electrons. The van der Waals surface area contributed by atoms with Gasteiger partial charge < -0.3 is 5.73 Å². The van der Waals surface area contributed by atoms with Crippen LogP contribution >= 0.6 is 31.3 Å². The van der Waals surface area contributed by atoms with Crippen molar-refractivity contribution >= 4 is 52.7 Å². The van der Waals surface area contributed by atoms with Crippen LogP contribution in [-0.4, -0.2) is 21.4 Å². The monoisotopic (exact) mass is 371 g/mol. The fourth-order valence-corrected chi connectivity index (χ4v) is 0. The van der Waals surface area contributed by atoms with Crippen molar-refractivity contribution in [3.8, 4) is 0 Å². The second-order valence-corrected chi connectivity index (χ2v) is 16.8. The molecular weight excluding hydrogens is 368 g/mol. The van der Waals surface area contributed by atoms with E-state index in [9.17, 15) is 0 Å². The van der Waals surface area contributed by atoms with Crippen LogP contribution in [0, 0.1) is 0 Å². The van der Waals surface area contributed by atoms with E-state index >= 15 is 0 Å². The predicted octanol–water partition coefficient (Wildman–Crippen LogP) is 0.452. The van der Waals surface area contributed by atoms with Crippen molar-refractivity contribution in [3.05, 3.63) is 0 Å². The Morgan fingerprint density at radius 3 is 2.00 bits per heavy atom. The summed E-state index contributed by atoms with van der Waals surface area (Å²) in [5, 5.41) is 0. The Morgan fingerprint density at radius 2 is 2.00 bits per heavy atom. The summed E-state index contributed by atoms with van der Waals surface area (Å²) in [6.45, 7) is 0. The zero-order valence-electron chi connectivity index (χ0n) is 2.82. The first-order valence-corrected chi connectivity index (χ1v) is 15.7. The van der Waals surface area contributed by atoms with Gasteiger partial charge in [-0.25, -0.2) is 0 Å². The SMILES string of the molecule is NC=O.[Br][Sn][I]. The molecule has 0 saturated carbocycles. The van der Waals surface area contributed by atoms with Gasteiger partial charge in [0.2, 0.25) is 6.41 Å². The Bertz CT molecular complexity index is 29.5. The van der Waals surface area contributed by atoms with E-state index in [0.717, 1.165) is 0 Å². The standard InChI is InChI=1S/CH3NO.BrH.HI.Sn/c2-1-3;;;/h1H,(H2,2,3);2*1H;/q;;;+2/p-2. The number of hydrogen-bond acceptors (Lipinski definition) is 1. The van der Waals surface area contributed by atoms with Gasteiger partial charge >= 0.3 is 46.3 Å². The van der Waals surface area contributed by atoms with Crippen LogP contribution in [0.25, 0.3) is 0 Å². The van der Waals surface area contributed by atoms with Crippen molar-refractivity contribution in [2.24, 2.45) is 5.73 Å². The van der Waals surface area contributed by atoms with Crippen LogP contribution < -0.4 is 5.73 Å². The quantitative estimate of drug-likeness (QED) is 0.376. The van der Waals surface area contributed by atoms with Crippen LogP contribution in [0.5, 0.6) is 0 Å². The molecule has 0 spiro atoms. The molecule has 0 aliphatic carbocycles. The fraction of sp³-hybridized carbons (Fsp3) is 0. The summed E-state index contributed by atoms with van der Waals surface area (Å²) >= 11 is 5.69. The first-order chi connectivity index (χ1) is 2.83. The van der Waals surface area contributed by atoms with Gasteiger partial charge in [-0.05, 0) is 0 Å². The zero-order valence-corrected chi connectivity index (χ0v) is 9.42. The Labute approximate surface area is 62.4 Å². The van der Waals surface area contributed by atoms with Crippen LogP contribution in [-0.2, 0) is 4.79 Å². The molecule has 0 bridgehead atoms. The Hall–Kier alpha value is 1.48. The average Bonchev–Trinajstić information content (AvgIpc) is 1.39. The second kappa shape index (κ2) is 16.1. The summed E-state index contributed by atoms with van der Waals surface area (Å²) in [6, 6.07) is 0. The Balaban J connectivity index is 0. The van der Waals surface area contributed by atoms with E-state index in [1.54, 1.807) is 0 Å². The summed E-state index contributed by atoms with van der Waals surface area (Å²) in [6.07, 6.45) is 0.250. The number of amides is 1. The summed E-state index contributed by atoms with van der Waals surface area (Å²) < 4.78 is 0. The number of rotatable bonds is 0. The maximum atomic E-state index is 8.58. The minimum absolute atomic E-state index is 0.0125. The Kier molecular flexibility index (Phi) is 28.0. The van der Waals surface area contributed by atoms with Gasteiger partial charge in [-0.2, -0.15) is 0 Å². The molecule has 0 heterocycles. The van der Waals surface area contributed by atoms with Crippen molar-refractivity contribution in [2.45, 2.75) is 0 Å². The third-order valence-corrected chi connectivity index (χ3v) is 0. The van der Waals surface area contributed by atoms with Crippen molar-refractivity contribution in [2.75, 3.05) is 0 Å². The van der Waals surface area contributed by atoms with E-state index < -0.39 is 0 Å². The number of primary amides is 1. The molecule has 0 aliphatic rings. The molecule has 0 rings (SSSR count). The van der Waals surface area contributed by atoms with E-state index in [0.29, 0.717) is 0 Å². The van der Waals surface area contributed by atoms with E-state index in [-0.39, 0.29) is 21.4 Å². The molecule has 0 saturated heterocycles.